The first-order valence-electron chi connectivity index (χ1n) is 6.19. The van der Waals surface area contributed by atoms with E-state index in [1.807, 2.05) is 6.07 Å². The number of nitrogens with two attached hydrogens (primary N) is 1. The van der Waals surface area contributed by atoms with Gasteiger partial charge in [0, 0.05) is 6.20 Å². The number of carbonyl (C=O) groups excluding carboxylic acids is 1. The molecule has 2 aromatic heterocycles. The van der Waals surface area contributed by atoms with Gasteiger partial charge in [0.05, 0.1) is 17.5 Å². The van der Waals surface area contributed by atoms with Gasteiger partial charge in [0.15, 0.2) is 5.76 Å². The van der Waals surface area contributed by atoms with Gasteiger partial charge in [-0.25, -0.2) is 14.3 Å². The number of hydrogen-bond acceptors (Lipinski definition) is 5. The number of ketones is 1. The Kier molecular flexibility index (Phi) is 3.12. The third kappa shape index (κ3) is 2.23. The van der Waals surface area contributed by atoms with Crippen molar-refractivity contribution < 1.29 is 9.21 Å². The molecule has 2 N–H and O–H groups in total. The van der Waals surface area contributed by atoms with Gasteiger partial charge < -0.3 is 10.2 Å². The number of furan rings is 1. The quantitative estimate of drug-likeness (QED) is 0.737. The average molecular weight is 281 g/mol. The van der Waals surface area contributed by atoms with Crippen molar-refractivity contribution in [1.82, 2.24) is 9.55 Å². The lowest BCUT2D eigenvalue weighted by Gasteiger charge is -2.11. The zero-order valence-electron chi connectivity index (χ0n) is 10.9. The number of nitrogens with zero attached hydrogens (tertiary/aromatic N) is 2. The summed E-state index contributed by atoms with van der Waals surface area (Å²) in [6, 6.07) is 11.9. The molecule has 0 fully saturated rings. The number of para-hydroxylation sites is 1. The minimum Gasteiger partial charge on any atom is -0.461 e. The fourth-order valence-corrected chi connectivity index (χ4v) is 2.01. The van der Waals surface area contributed by atoms with Gasteiger partial charge >= 0.3 is 5.69 Å². The van der Waals surface area contributed by atoms with Crippen LogP contribution in [-0.4, -0.2) is 15.3 Å². The Morgan fingerprint density at radius 2 is 1.90 bits per heavy atom. The second-order valence-electron chi connectivity index (χ2n) is 4.32. The Morgan fingerprint density at radius 3 is 2.57 bits per heavy atom. The summed E-state index contributed by atoms with van der Waals surface area (Å²) in [5.41, 5.74) is 6.10. The summed E-state index contributed by atoms with van der Waals surface area (Å²) in [6.45, 7) is 0. The molecule has 0 saturated carbocycles. The molecule has 3 aromatic rings. The third-order valence-corrected chi connectivity index (χ3v) is 3.02. The van der Waals surface area contributed by atoms with Gasteiger partial charge in [-0.05, 0) is 24.3 Å². The molecule has 0 radical (unpaired) electrons. The molecular formula is C15H11N3O3. The predicted octanol–water partition coefficient (Wildman–Crippen LogP) is 1.64. The number of aromatic nitrogens is 2. The van der Waals surface area contributed by atoms with Crippen LogP contribution in [0.2, 0.25) is 0 Å². The van der Waals surface area contributed by atoms with Gasteiger partial charge in [0.1, 0.15) is 5.82 Å². The SMILES string of the molecule is Nc1c(C(=O)c2ccco2)cnc(=O)n1-c1ccccc1. The number of nitrogen functional groups attached to an aromatic ring is 1. The zero-order chi connectivity index (χ0) is 14.8. The van der Waals surface area contributed by atoms with E-state index in [1.165, 1.54) is 23.1 Å². The van der Waals surface area contributed by atoms with E-state index in [0.717, 1.165) is 0 Å². The summed E-state index contributed by atoms with van der Waals surface area (Å²) in [6.07, 6.45) is 2.56. The number of carbonyl (C=O) groups is 1. The molecule has 104 valence electrons. The van der Waals surface area contributed by atoms with Gasteiger partial charge in [-0.2, -0.15) is 0 Å². The van der Waals surface area contributed by atoms with Crippen LogP contribution in [0, 0.1) is 0 Å². The van der Waals surface area contributed by atoms with Crippen LogP contribution in [0.5, 0.6) is 0 Å². The Bertz CT molecular complexity index is 836. The molecule has 6 heteroatoms. The molecule has 2 heterocycles. The Morgan fingerprint density at radius 1 is 1.14 bits per heavy atom. The molecule has 0 bridgehead atoms. The second-order valence-corrected chi connectivity index (χ2v) is 4.32. The van der Waals surface area contributed by atoms with Crippen LogP contribution < -0.4 is 11.4 Å². The van der Waals surface area contributed by atoms with E-state index in [9.17, 15) is 9.59 Å². The van der Waals surface area contributed by atoms with Crippen LogP contribution in [-0.2, 0) is 0 Å². The lowest BCUT2D eigenvalue weighted by Crippen LogP contribution is -2.26. The van der Waals surface area contributed by atoms with E-state index >= 15 is 0 Å². The minimum atomic E-state index is -0.547. The van der Waals surface area contributed by atoms with Gasteiger partial charge in [0.25, 0.3) is 0 Å². The molecule has 0 amide bonds. The van der Waals surface area contributed by atoms with Crippen molar-refractivity contribution in [1.29, 1.82) is 0 Å². The smallest absolute Gasteiger partial charge is 0.353 e. The van der Waals surface area contributed by atoms with E-state index in [1.54, 1.807) is 30.3 Å². The summed E-state index contributed by atoms with van der Waals surface area (Å²) < 4.78 is 6.25. The molecule has 0 aliphatic carbocycles. The molecule has 0 spiro atoms. The largest absolute Gasteiger partial charge is 0.461 e. The molecule has 1 aromatic carbocycles. The molecule has 21 heavy (non-hydrogen) atoms. The maximum atomic E-state index is 12.3. The fourth-order valence-electron chi connectivity index (χ4n) is 2.01. The number of hydrogen-bond donors (Lipinski definition) is 1. The van der Waals surface area contributed by atoms with E-state index in [-0.39, 0.29) is 17.1 Å². The fraction of sp³-hybridized carbons (Fsp3) is 0. The maximum Gasteiger partial charge on any atom is 0.353 e. The van der Waals surface area contributed by atoms with E-state index in [4.69, 9.17) is 10.2 Å². The first-order chi connectivity index (χ1) is 10.2. The van der Waals surface area contributed by atoms with Crippen LogP contribution in [0.4, 0.5) is 5.82 Å². The van der Waals surface area contributed by atoms with Crippen molar-refractivity contribution in [2.45, 2.75) is 0 Å². The molecular weight excluding hydrogens is 270 g/mol. The molecule has 3 rings (SSSR count). The zero-order valence-corrected chi connectivity index (χ0v) is 10.9. The summed E-state index contributed by atoms with van der Waals surface area (Å²) >= 11 is 0. The van der Waals surface area contributed by atoms with Crippen LogP contribution in [0.3, 0.4) is 0 Å². The third-order valence-electron chi connectivity index (χ3n) is 3.02. The van der Waals surface area contributed by atoms with Crippen molar-refractivity contribution in [2.75, 3.05) is 5.73 Å². The summed E-state index contributed by atoms with van der Waals surface area (Å²) in [5.74, 6) is -0.251. The normalized spacial score (nSPS) is 10.5. The first-order valence-corrected chi connectivity index (χ1v) is 6.19. The van der Waals surface area contributed by atoms with Crippen LogP contribution in [0.15, 0.2) is 64.1 Å². The van der Waals surface area contributed by atoms with Crippen molar-refractivity contribution in [3.8, 4) is 5.69 Å². The number of rotatable bonds is 3. The standard InChI is InChI=1S/C15H11N3O3/c16-14-11(13(19)12-7-4-8-21-12)9-17-15(20)18(14)10-5-2-1-3-6-10/h1-9H,16H2. The molecule has 0 atom stereocenters. The van der Waals surface area contributed by atoms with Crippen molar-refractivity contribution in [3.05, 3.63) is 76.7 Å². The van der Waals surface area contributed by atoms with E-state index in [2.05, 4.69) is 4.98 Å². The highest BCUT2D eigenvalue weighted by Crippen LogP contribution is 2.17. The van der Waals surface area contributed by atoms with E-state index < -0.39 is 11.5 Å². The highest BCUT2D eigenvalue weighted by Gasteiger charge is 2.19. The topological polar surface area (TPSA) is 91.1 Å². The molecule has 6 nitrogen and oxygen atoms in total. The van der Waals surface area contributed by atoms with Gasteiger partial charge in [-0.15, -0.1) is 0 Å². The second kappa shape index (κ2) is 5.09. The summed E-state index contributed by atoms with van der Waals surface area (Å²) in [5, 5.41) is 0. The molecule has 0 aliphatic rings. The Balaban J connectivity index is 2.18. The highest BCUT2D eigenvalue weighted by molar-refractivity contribution is 6.09. The van der Waals surface area contributed by atoms with Gasteiger partial charge in [-0.1, -0.05) is 18.2 Å². The monoisotopic (exact) mass is 281 g/mol. The van der Waals surface area contributed by atoms with Crippen molar-refractivity contribution in [2.24, 2.45) is 0 Å². The predicted molar refractivity (Wildman–Crippen MR) is 76.4 cm³/mol. The Labute approximate surface area is 119 Å². The van der Waals surface area contributed by atoms with Crippen LogP contribution >= 0.6 is 0 Å². The lowest BCUT2D eigenvalue weighted by molar-refractivity contribution is 0.101. The number of anilines is 1. The molecule has 0 unspecified atom stereocenters. The van der Waals surface area contributed by atoms with Crippen LogP contribution in [0.1, 0.15) is 16.1 Å². The average Bonchev–Trinajstić information content (AvgIpc) is 3.02. The lowest BCUT2D eigenvalue weighted by atomic mass is 10.1. The summed E-state index contributed by atoms with van der Waals surface area (Å²) in [7, 11) is 0. The molecule has 0 aliphatic heterocycles. The van der Waals surface area contributed by atoms with Crippen molar-refractivity contribution >= 4 is 11.6 Å². The minimum absolute atomic E-state index is 0.0302. The first kappa shape index (κ1) is 12.9. The summed E-state index contributed by atoms with van der Waals surface area (Å²) in [4.78, 5) is 27.9. The molecule has 0 saturated heterocycles. The Hall–Kier alpha value is -3.15. The van der Waals surface area contributed by atoms with E-state index in [0.29, 0.717) is 5.69 Å². The highest BCUT2D eigenvalue weighted by atomic mass is 16.3. The van der Waals surface area contributed by atoms with Crippen LogP contribution in [0.25, 0.3) is 5.69 Å². The van der Waals surface area contributed by atoms with Crippen molar-refractivity contribution in [3.63, 3.8) is 0 Å². The van der Waals surface area contributed by atoms with Gasteiger partial charge in [0.2, 0.25) is 5.78 Å². The number of benzene rings is 1. The maximum absolute atomic E-state index is 12.3. The van der Waals surface area contributed by atoms with Gasteiger partial charge in [-0.3, -0.25) is 4.79 Å².